The largest absolute Gasteiger partial charge is 0.476 e. The number of carboxylic acids is 1. The van der Waals surface area contributed by atoms with Gasteiger partial charge in [-0.3, -0.25) is 4.98 Å². The number of carbonyl (C=O) groups is 1. The molecule has 1 aromatic heterocycles. The van der Waals surface area contributed by atoms with Crippen molar-refractivity contribution in [3.63, 3.8) is 0 Å². The number of carboxylic acid groups (broad SMARTS) is 1. The molecule has 1 N–H and O–H groups in total. The summed E-state index contributed by atoms with van der Waals surface area (Å²) in [5, 5.41) is 8.83. The molecule has 0 saturated carbocycles. The van der Waals surface area contributed by atoms with Gasteiger partial charge in [0.25, 0.3) is 0 Å². The van der Waals surface area contributed by atoms with E-state index in [4.69, 9.17) is 5.11 Å². The van der Waals surface area contributed by atoms with Gasteiger partial charge in [0.2, 0.25) is 0 Å². The van der Waals surface area contributed by atoms with Crippen LogP contribution in [0, 0.1) is 5.92 Å². The van der Waals surface area contributed by atoms with Crippen molar-refractivity contribution < 1.29 is 9.90 Å². The van der Waals surface area contributed by atoms with Crippen LogP contribution in [0.25, 0.3) is 0 Å². The SMILES string of the molecule is CC1CCN(c2cncc(C(=O)O)n2)CC1. The molecule has 0 spiro atoms. The number of hydrogen-bond donors (Lipinski definition) is 1. The van der Waals surface area contributed by atoms with Crippen molar-refractivity contribution in [1.82, 2.24) is 9.97 Å². The highest BCUT2D eigenvalue weighted by Crippen LogP contribution is 2.20. The minimum absolute atomic E-state index is 0.0103. The number of hydrogen-bond acceptors (Lipinski definition) is 4. The highest BCUT2D eigenvalue weighted by atomic mass is 16.4. The quantitative estimate of drug-likeness (QED) is 0.817. The lowest BCUT2D eigenvalue weighted by atomic mass is 9.99. The van der Waals surface area contributed by atoms with Crippen LogP contribution in [0.4, 0.5) is 5.82 Å². The lowest BCUT2D eigenvalue weighted by Crippen LogP contribution is -2.33. The Morgan fingerprint density at radius 3 is 2.75 bits per heavy atom. The van der Waals surface area contributed by atoms with Gasteiger partial charge in [-0.25, -0.2) is 9.78 Å². The highest BCUT2D eigenvalue weighted by molar-refractivity contribution is 5.85. The molecule has 5 nitrogen and oxygen atoms in total. The Morgan fingerprint density at radius 2 is 2.12 bits per heavy atom. The van der Waals surface area contributed by atoms with E-state index in [-0.39, 0.29) is 5.69 Å². The Hall–Kier alpha value is -1.65. The predicted molar refractivity (Wildman–Crippen MR) is 59.6 cm³/mol. The summed E-state index contributed by atoms with van der Waals surface area (Å²) in [5.74, 6) is 0.387. The van der Waals surface area contributed by atoms with Crippen molar-refractivity contribution in [1.29, 1.82) is 0 Å². The fourth-order valence-corrected chi connectivity index (χ4v) is 1.85. The second-order valence-corrected chi connectivity index (χ2v) is 4.24. The van der Waals surface area contributed by atoms with Crippen molar-refractivity contribution in [3.05, 3.63) is 18.1 Å². The van der Waals surface area contributed by atoms with Crippen molar-refractivity contribution in [2.24, 2.45) is 5.92 Å². The van der Waals surface area contributed by atoms with Crippen molar-refractivity contribution >= 4 is 11.8 Å². The Labute approximate surface area is 94.1 Å². The van der Waals surface area contributed by atoms with Gasteiger partial charge in [0.15, 0.2) is 5.69 Å². The maximum atomic E-state index is 10.8. The number of nitrogens with zero attached hydrogens (tertiary/aromatic N) is 3. The highest BCUT2D eigenvalue weighted by Gasteiger charge is 2.18. The second kappa shape index (κ2) is 4.47. The summed E-state index contributed by atoms with van der Waals surface area (Å²) in [6.07, 6.45) is 5.15. The van der Waals surface area contributed by atoms with Gasteiger partial charge in [0.05, 0.1) is 12.4 Å². The van der Waals surface area contributed by atoms with Crippen molar-refractivity contribution in [2.45, 2.75) is 19.8 Å². The van der Waals surface area contributed by atoms with Crippen molar-refractivity contribution in [2.75, 3.05) is 18.0 Å². The maximum absolute atomic E-state index is 10.8. The van der Waals surface area contributed by atoms with E-state index in [0.29, 0.717) is 5.82 Å². The van der Waals surface area contributed by atoms with E-state index >= 15 is 0 Å². The van der Waals surface area contributed by atoms with Gasteiger partial charge in [0, 0.05) is 13.1 Å². The molecule has 1 saturated heterocycles. The number of rotatable bonds is 2. The van der Waals surface area contributed by atoms with E-state index < -0.39 is 5.97 Å². The zero-order valence-electron chi connectivity index (χ0n) is 9.26. The van der Waals surface area contributed by atoms with Gasteiger partial charge < -0.3 is 10.0 Å². The summed E-state index contributed by atoms with van der Waals surface area (Å²) < 4.78 is 0. The smallest absolute Gasteiger partial charge is 0.356 e. The van der Waals surface area contributed by atoms with Gasteiger partial charge >= 0.3 is 5.97 Å². The van der Waals surface area contributed by atoms with Crippen LogP contribution in [0.1, 0.15) is 30.3 Å². The lowest BCUT2D eigenvalue weighted by Gasteiger charge is -2.30. The third-order valence-electron chi connectivity index (χ3n) is 2.95. The van der Waals surface area contributed by atoms with E-state index in [2.05, 4.69) is 21.8 Å². The fraction of sp³-hybridized carbons (Fsp3) is 0.545. The van der Waals surface area contributed by atoms with E-state index in [1.807, 2.05) is 0 Å². The molecular weight excluding hydrogens is 206 g/mol. The summed E-state index contributed by atoms with van der Waals surface area (Å²) in [6, 6.07) is 0. The lowest BCUT2D eigenvalue weighted by molar-refractivity contribution is 0.0690. The van der Waals surface area contributed by atoms with E-state index in [9.17, 15) is 4.79 Å². The van der Waals surface area contributed by atoms with E-state index in [1.165, 1.54) is 6.20 Å². The fourth-order valence-electron chi connectivity index (χ4n) is 1.85. The molecule has 0 radical (unpaired) electrons. The van der Waals surface area contributed by atoms with Crippen LogP contribution < -0.4 is 4.90 Å². The summed E-state index contributed by atoms with van der Waals surface area (Å²) in [5.41, 5.74) is 0.0103. The average molecular weight is 221 g/mol. The minimum Gasteiger partial charge on any atom is -0.476 e. The van der Waals surface area contributed by atoms with Gasteiger partial charge in [-0.1, -0.05) is 6.92 Å². The molecule has 86 valence electrons. The molecule has 5 heteroatoms. The molecule has 0 aromatic carbocycles. The number of anilines is 1. The molecule has 0 amide bonds. The van der Waals surface area contributed by atoms with E-state index in [1.54, 1.807) is 6.20 Å². The first kappa shape index (κ1) is 10.9. The third-order valence-corrected chi connectivity index (χ3v) is 2.95. The van der Waals surface area contributed by atoms with Crippen LogP contribution >= 0.6 is 0 Å². The minimum atomic E-state index is -1.03. The topological polar surface area (TPSA) is 66.3 Å². The molecule has 2 rings (SSSR count). The zero-order valence-corrected chi connectivity index (χ0v) is 9.26. The maximum Gasteiger partial charge on any atom is 0.356 e. The molecule has 16 heavy (non-hydrogen) atoms. The molecule has 0 aliphatic carbocycles. The zero-order chi connectivity index (χ0) is 11.5. The summed E-state index contributed by atoms with van der Waals surface area (Å²) in [6.45, 7) is 4.09. The molecule has 1 aromatic rings. The number of aromatic carboxylic acids is 1. The predicted octanol–water partition coefficient (Wildman–Crippen LogP) is 1.41. The first-order valence-corrected chi connectivity index (χ1v) is 5.47. The Balaban J connectivity index is 2.14. The number of piperidine rings is 1. The Bertz CT molecular complexity index is 387. The first-order chi connectivity index (χ1) is 7.66. The van der Waals surface area contributed by atoms with Crippen LogP contribution in [-0.4, -0.2) is 34.1 Å². The first-order valence-electron chi connectivity index (χ1n) is 5.47. The summed E-state index contributed by atoms with van der Waals surface area (Å²) in [7, 11) is 0. The molecule has 0 atom stereocenters. The molecule has 1 fully saturated rings. The molecule has 0 bridgehead atoms. The van der Waals surface area contributed by atoms with E-state index in [0.717, 1.165) is 31.8 Å². The Kier molecular flexibility index (Phi) is 3.03. The average Bonchev–Trinajstić information content (AvgIpc) is 2.30. The summed E-state index contributed by atoms with van der Waals surface area (Å²) in [4.78, 5) is 20.9. The van der Waals surface area contributed by atoms with Crippen LogP contribution in [0.2, 0.25) is 0 Å². The third kappa shape index (κ3) is 2.29. The monoisotopic (exact) mass is 221 g/mol. The molecular formula is C11H15N3O2. The van der Waals surface area contributed by atoms with Crippen LogP contribution in [-0.2, 0) is 0 Å². The molecule has 1 aliphatic heterocycles. The summed E-state index contributed by atoms with van der Waals surface area (Å²) >= 11 is 0. The standard InChI is InChI=1S/C11H15N3O2/c1-8-2-4-14(5-3-8)10-7-12-6-9(13-10)11(15)16/h6-8H,2-5H2,1H3,(H,15,16). The van der Waals surface area contributed by atoms with Gasteiger partial charge in [0.1, 0.15) is 5.82 Å². The Morgan fingerprint density at radius 1 is 1.44 bits per heavy atom. The molecule has 2 heterocycles. The molecule has 0 unspecified atom stereocenters. The van der Waals surface area contributed by atoms with Crippen LogP contribution in [0.3, 0.4) is 0 Å². The van der Waals surface area contributed by atoms with Gasteiger partial charge in [-0.05, 0) is 18.8 Å². The second-order valence-electron chi connectivity index (χ2n) is 4.24. The van der Waals surface area contributed by atoms with Crippen molar-refractivity contribution in [3.8, 4) is 0 Å². The van der Waals surface area contributed by atoms with Crippen LogP contribution in [0.5, 0.6) is 0 Å². The molecule has 1 aliphatic rings. The number of aromatic nitrogens is 2. The van der Waals surface area contributed by atoms with Crippen LogP contribution in [0.15, 0.2) is 12.4 Å². The normalized spacial score (nSPS) is 17.4. The van der Waals surface area contributed by atoms with Gasteiger partial charge in [-0.15, -0.1) is 0 Å². The van der Waals surface area contributed by atoms with Gasteiger partial charge in [-0.2, -0.15) is 0 Å².